The number of halogens is 2. The predicted molar refractivity (Wildman–Crippen MR) is 153 cm³/mol. The van der Waals surface area contributed by atoms with Gasteiger partial charge < -0.3 is 23.9 Å². The quantitative estimate of drug-likeness (QED) is 0.264. The van der Waals surface area contributed by atoms with Gasteiger partial charge >= 0.3 is 5.97 Å². The zero-order valence-corrected chi connectivity index (χ0v) is 24.0. The average molecular weight is 598 g/mol. The molecule has 0 unspecified atom stereocenters. The van der Waals surface area contributed by atoms with Crippen LogP contribution in [0.5, 0.6) is 11.5 Å². The molecule has 2 atom stereocenters. The smallest absolute Gasteiger partial charge is 0.346 e. The monoisotopic (exact) mass is 597 g/mol. The van der Waals surface area contributed by atoms with E-state index in [1.807, 2.05) is 12.1 Å². The highest BCUT2D eigenvalue weighted by atomic mass is 35.5. The van der Waals surface area contributed by atoms with Crippen molar-refractivity contribution >= 4 is 39.3 Å². The van der Waals surface area contributed by atoms with Crippen molar-refractivity contribution < 1.29 is 28.5 Å². The Hall–Kier alpha value is -3.18. The maximum absolute atomic E-state index is 14.8. The lowest BCUT2D eigenvalue weighted by molar-refractivity contribution is -0.0712. The van der Waals surface area contributed by atoms with Gasteiger partial charge in [0, 0.05) is 24.1 Å². The van der Waals surface area contributed by atoms with Crippen molar-refractivity contribution in [2.75, 3.05) is 19.7 Å². The van der Waals surface area contributed by atoms with Crippen molar-refractivity contribution in [3.63, 3.8) is 0 Å². The molecule has 2 saturated heterocycles. The van der Waals surface area contributed by atoms with E-state index >= 15 is 0 Å². The molecule has 2 aromatic heterocycles. The molecule has 0 radical (unpaired) electrons. The average Bonchev–Trinajstić information content (AvgIpc) is 3.57. The first kappa shape index (κ1) is 26.7. The minimum Gasteiger partial charge on any atom is -0.477 e. The second-order valence-electron chi connectivity index (χ2n) is 11.0. The number of aromatic nitrogens is 2. The molecule has 11 heteroatoms. The molecule has 2 fully saturated rings. The predicted octanol–water partition coefficient (Wildman–Crippen LogP) is 6.40. The summed E-state index contributed by atoms with van der Waals surface area (Å²) in [6.07, 6.45) is 2.99. The maximum Gasteiger partial charge on any atom is 0.346 e. The van der Waals surface area contributed by atoms with Crippen LogP contribution in [0.1, 0.15) is 58.7 Å². The lowest BCUT2D eigenvalue weighted by Crippen LogP contribution is -2.35. The fourth-order valence-corrected chi connectivity index (χ4v) is 7.11. The molecule has 3 aliphatic rings. The Balaban J connectivity index is 1.07. The highest BCUT2D eigenvalue weighted by Crippen LogP contribution is 2.50. The van der Waals surface area contributed by atoms with Crippen LogP contribution in [-0.4, -0.2) is 51.3 Å². The molecule has 0 saturated carbocycles. The second-order valence-corrected chi connectivity index (χ2v) is 12.5. The number of carbonyl (C=O) groups is 1. The van der Waals surface area contributed by atoms with Gasteiger partial charge in [-0.25, -0.2) is 14.2 Å². The Labute approximate surface area is 245 Å². The Morgan fingerprint density at radius 3 is 2.71 bits per heavy atom. The summed E-state index contributed by atoms with van der Waals surface area (Å²) >= 11 is 7.18. The summed E-state index contributed by atoms with van der Waals surface area (Å²) in [5, 5.41) is 9.77. The molecule has 214 valence electrons. The molecule has 2 aromatic carbocycles. The number of carboxylic acids is 1. The third kappa shape index (κ3) is 4.86. The molecule has 0 spiro atoms. The van der Waals surface area contributed by atoms with Crippen LogP contribution < -0.4 is 9.47 Å². The number of likely N-dealkylation sites (tertiary alicyclic amines) is 1. The Bertz CT molecular complexity index is 1640. The first-order valence-electron chi connectivity index (χ1n) is 13.8. The number of carboxylic acid groups (broad SMARTS) is 1. The summed E-state index contributed by atoms with van der Waals surface area (Å²) < 4.78 is 35.1. The Morgan fingerprint density at radius 2 is 2.00 bits per heavy atom. The van der Waals surface area contributed by atoms with Gasteiger partial charge in [0.25, 0.3) is 5.79 Å². The topological polar surface area (TPSA) is 86.1 Å². The summed E-state index contributed by atoms with van der Waals surface area (Å²) in [5.74, 6) is -0.173. The van der Waals surface area contributed by atoms with E-state index in [2.05, 4.69) is 15.5 Å². The molecule has 0 bridgehead atoms. The first-order valence-corrected chi connectivity index (χ1v) is 15.0. The highest BCUT2D eigenvalue weighted by molar-refractivity contribution is 7.20. The highest BCUT2D eigenvalue weighted by Gasteiger charge is 2.43. The summed E-state index contributed by atoms with van der Waals surface area (Å²) in [7, 11) is 0. The van der Waals surface area contributed by atoms with Crippen LogP contribution in [0.3, 0.4) is 0 Å². The van der Waals surface area contributed by atoms with E-state index in [0.29, 0.717) is 40.1 Å². The number of benzene rings is 2. The number of hydrogen-bond donors (Lipinski definition) is 1. The van der Waals surface area contributed by atoms with Gasteiger partial charge in [0.2, 0.25) is 0 Å². The van der Waals surface area contributed by atoms with Gasteiger partial charge in [0.05, 0.1) is 30.3 Å². The number of imidazole rings is 1. The van der Waals surface area contributed by atoms with Crippen LogP contribution in [0.25, 0.3) is 10.3 Å². The normalized spacial score (nSPS) is 22.8. The van der Waals surface area contributed by atoms with Crippen LogP contribution in [0.4, 0.5) is 4.39 Å². The van der Waals surface area contributed by atoms with Crippen LogP contribution in [0, 0.1) is 5.82 Å². The lowest BCUT2D eigenvalue weighted by atomic mass is 9.88. The van der Waals surface area contributed by atoms with Gasteiger partial charge in [0.1, 0.15) is 21.3 Å². The van der Waals surface area contributed by atoms with Crippen molar-refractivity contribution in [3.05, 3.63) is 75.1 Å². The van der Waals surface area contributed by atoms with E-state index in [0.717, 1.165) is 60.7 Å². The van der Waals surface area contributed by atoms with Crippen LogP contribution in [-0.2, 0) is 23.6 Å². The largest absolute Gasteiger partial charge is 0.477 e. The van der Waals surface area contributed by atoms with Gasteiger partial charge in [-0.1, -0.05) is 23.7 Å². The fraction of sp³-hybridized carbons (Fsp3) is 0.400. The van der Waals surface area contributed by atoms with Crippen molar-refractivity contribution in [2.45, 2.75) is 57.1 Å². The number of piperidine rings is 1. The van der Waals surface area contributed by atoms with Crippen molar-refractivity contribution in [2.24, 2.45) is 0 Å². The maximum atomic E-state index is 14.8. The van der Waals surface area contributed by atoms with E-state index < -0.39 is 17.6 Å². The molecule has 8 nitrogen and oxygen atoms in total. The van der Waals surface area contributed by atoms with Crippen molar-refractivity contribution in [1.82, 2.24) is 14.5 Å². The molecule has 0 aliphatic carbocycles. The fourth-order valence-electron chi connectivity index (χ4n) is 6.06. The summed E-state index contributed by atoms with van der Waals surface area (Å²) in [5.41, 5.74) is 2.24. The number of thiophene rings is 1. The minimum absolute atomic E-state index is 0.138. The molecule has 1 N–H and O–H groups in total. The minimum atomic E-state index is -1.28. The Morgan fingerprint density at radius 1 is 1.20 bits per heavy atom. The first-order chi connectivity index (χ1) is 19.8. The number of fused-ring (bicyclic) bond motifs is 2. The number of para-hydroxylation sites is 1. The van der Waals surface area contributed by atoms with E-state index in [4.69, 9.17) is 30.8 Å². The molecule has 0 amide bonds. The summed E-state index contributed by atoms with van der Waals surface area (Å²) in [4.78, 5) is 19.8. The Kier molecular flexibility index (Phi) is 6.69. The van der Waals surface area contributed by atoms with E-state index in [1.165, 1.54) is 17.4 Å². The lowest BCUT2D eigenvalue weighted by Gasteiger charge is -2.33. The van der Waals surface area contributed by atoms with Gasteiger partial charge in [-0.15, -0.1) is 11.3 Å². The van der Waals surface area contributed by atoms with Gasteiger partial charge in [-0.05, 0) is 68.6 Å². The van der Waals surface area contributed by atoms with E-state index in [9.17, 15) is 14.3 Å². The zero-order valence-electron chi connectivity index (χ0n) is 22.4. The molecule has 3 aliphatic heterocycles. The molecule has 4 aromatic rings. The van der Waals surface area contributed by atoms with Crippen LogP contribution in [0.15, 0.2) is 42.5 Å². The summed E-state index contributed by atoms with van der Waals surface area (Å²) in [6.45, 7) is 5.61. The third-order valence-corrected chi connectivity index (χ3v) is 9.58. The molecular weight excluding hydrogens is 569 g/mol. The van der Waals surface area contributed by atoms with Crippen LogP contribution in [0.2, 0.25) is 5.02 Å². The number of rotatable bonds is 7. The number of hydrogen-bond acceptors (Lipinski definition) is 7. The second kappa shape index (κ2) is 10.3. The molecule has 7 rings (SSSR count). The van der Waals surface area contributed by atoms with Gasteiger partial charge in [-0.2, -0.15) is 0 Å². The zero-order chi connectivity index (χ0) is 28.3. The molecule has 5 heterocycles. The standard InChI is InChI=1S/C30H29ClFN3O5S/c1-30(21-6-5-18(31)13-22(21)32)39-24-4-2-3-20(27(24)40-30)17-7-10-34(11-8-17)16-26-33-28-23(14-25(41-28)29(36)37)35(26)15-19-9-12-38-19/h2-6,13-14,17,19H,7-12,15-16H2,1H3,(H,36,37)/t19-,30+/m0/s1. The van der Waals surface area contributed by atoms with E-state index in [1.54, 1.807) is 25.1 Å². The number of aromatic carboxylic acids is 1. The van der Waals surface area contributed by atoms with E-state index in [-0.39, 0.29) is 12.0 Å². The van der Waals surface area contributed by atoms with Gasteiger partial charge in [-0.3, -0.25) is 4.90 Å². The molecular formula is C30H29ClFN3O5S. The number of ether oxygens (including phenoxy) is 3. The third-order valence-electron chi connectivity index (χ3n) is 8.34. The van der Waals surface area contributed by atoms with Crippen molar-refractivity contribution in [1.29, 1.82) is 0 Å². The summed E-state index contributed by atoms with van der Waals surface area (Å²) in [6, 6.07) is 12.1. The van der Waals surface area contributed by atoms with Crippen molar-refractivity contribution in [3.8, 4) is 11.5 Å². The van der Waals surface area contributed by atoms with Gasteiger partial charge in [0.15, 0.2) is 11.5 Å². The SMILES string of the molecule is C[C@@]1(c2ccc(Cl)cc2F)Oc2cccc(C3CCN(Cc4nc5sc(C(=O)O)cc5n4C[C@@H]4CCO4)CC3)c2O1. The molecule has 41 heavy (non-hydrogen) atoms. The van der Waals surface area contributed by atoms with Crippen LogP contribution >= 0.6 is 22.9 Å². The number of nitrogens with zero attached hydrogens (tertiary/aromatic N) is 3.